The number of aromatic carboxylic acids is 1. The zero-order valence-electron chi connectivity index (χ0n) is 14.1. The van der Waals surface area contributed by atoms with Gasteiger partial charge in [-0.3, -0.25) is 0 Å². The average Bonchev–Trinajstić information content (AvgIpc) is 2.65. The number of benzene rings is 2. The molecule has 6 heteroatoms. The third kappa shape index (κ3) is 2.94. The van der Waals surface area contributed by atoms with Gasteiger partial charge in [-0.05, 0) is 24.3 Å². The van der Waals surface area contributed by atoms with Crippen molar-refractivity contribution in [2.75, 3.05) is 21.3 Å². The molecule has 0 amide bonds. The summed E-state index contributed by atoms with van der Waals surface area (Å²) in [6, 6.07) is 12.2. The molecule has 0 spiro atoms. The number of carboxylic acids is 1. The second kappa shape index (κ2) is 6.68. The molecule has 0 aliphatic heterocycles. The van der Waals surface area contributed by atoms with Crippen molar-refractivity contribution in [2.24, 2.45) is 0 Å². The number of methoxy groups -OCH3 is 3. The molecule has 0 unspecified atom stereocenters. The molecule has 0 saturated carbocycles. The minimum Gasteiger partial charge on any atom is -0.493 e. The third-order valence-electron chi connectivity index (χ3n) is 3.91. The van der Waals surface area contributed by atoms with Gasteiger partial charge in [0.2, 0.25) is 5.75 Å². The first-order chi connectivity index (χ1) is 12.1. The van der Waals surface area contributed by atoms with Crippen LogP contribution in [0.2, 0.25) is 0 Å². The van der Waals surface area contributed by atoms with Crippen LogP contribution in [0.3, 0.4) is 0 Å². The highest BCUT2D eigenvalue weighted by Gasteiger charge is 2.17. The molecule has 25 heavy (non-hydrogen) atoms. The molecule has 2 aromatic carbocycles. The lowest BCUT2D eigenvalue weighted by molar-refractivity contribution is 0.0699. The number of ether oxygens (including phenoxy) is 3. The maximum Gasteiger partial charge on any atom is 0.336 e. The Labute approximate surface area is 144 Å². The molecule has 0 atom stereocenters. The van der Waals surface area contributed by atoms with Crippen molar-refractivity contribution >= 4 is 16.9 Å². The summed E-state index contributed by atoms with van der Waals surface area (Å²) >= 11 is 0. The van der Waals surface area contributed by atoms with E-state index in [0.717, 1.165) is 0 Å². The molecule has 1 aromatic heterocycles. The highest BCUT2D eigenvalue weighted by Crippen LogP contribution is 2.41. The second-order valence-electron chi connectivity index (χ2n) is 5.29. The fourth-order valence-electron chi connectivity index (χ4n) is 2.73. The Morgan fingerprint density at radius 2 is 1.60 bits per heavy atom. The van der Waals surface area contributed by atoms with E-state index in [2.05, 4.69) is 4.98 Å². The molecule has 0 aliphatic rings. The van der Waals surface area contributed by atoms with Crippen LogP contribution >= 0.6 is 0 Å². The Morgan fingerprint density at radius 1 is 0.960 bits per heavy atom. The van der Waals surface area contributed by atoms with Gasteiger partial charge in [-0.2, -0.15) is 0 Å². The van der Waals surface area contributed by atoms with Gasteiger partial charge in [-0.1, -0.05) is 18.2 Å². The summed E-state index contributed by atoms with van der Waals surface area (Å²) in [5.41, 5.74) is 1.97. The first-order valence-corrected chi connectivity index (χ1v) is 7.52. The van der Waals surface area contributed by atoms with Crippen LogP contribution < -0.4 is 14.2 Å². The van der Waals surface area contributed by atoms with Gasteiger partial charge in [-0.15, -0.1) is 0 Å². The van der Waals surface area contributed by atoms with Gasteiger partial charge in [0.05, 0.1) is 38.1 Å². The Morgan fingerprint density at radius 3 is 2.16 bits per heavy atom. The Hall–Kier alpha value is -3.28. The van der Waals surface area contributed by atoms with Crippen LogP contribution in [0.1, 0.15) is 10.4 Å². The van der Waals surface area contributed by atoms with E-state index in [1.54, 1.807) is 36.4 Å². The number of nitrogens with zero attached hydrogens (tertiary/aromatic N) is 1. The Balaban J connectivity index is 2.28. The minimum atomic E-state index is -1.01. The average molecular weight is 339 g/mol. The van der Waals surface area contributed by atoms with Crippen LogP contribution in [0, 0.1) is 0 Å². The lowest BCUT2D eigenvalue weighted by atomic mass is 10.0. The van der Waals surface area contributed by atoms with Gasteiger partial charge in [0.25, 0.3) is 0 Å². The Bertz CT molecular complexity index is 927. The zero-order chi connectivity index (χ0) is 18.0. The molecule has 6 nitrogen and oxygen atoms in total. The summed E-state index contributed by atoms with van der Waals surface area (Å²) in [6.07, 6.45) is 0. The van der Waals surface area contributed by atoms with Crippen molar-refractivity contribution in [1.82, 2.24) is 4.98 Å². The lowest BCUT2D eigenvalue weighted by Crippen LogP contribution is -2.01. The number of para-hydroxylation sites is 1. The van der Waals surface area contributed by atoms with Gasteiger partial charge in [0, 0.05) is 10.9 Å². The standard InChI is InChI=1S/C19H17NO5/c1-23-16-8-11(9-17(24-2)18(16)25-3)15-10-13(19(21)22)12-6-4-5-7-14(12)20-15/h4-10H,1-3H3,(H,21,22). The van der Waals surface area contributed by atoms with Crippen molar-refractivity contribution in [3.05, 3.63) is 48.0 Å². The monoisotopic (exact) mass is 339 g/mol. The summed E-state index contributed by atoms with van der Waals surface area (Å²) in [5.74, 6) is 0.410. The number of carboxylic acid groups (broad SMARTS) is 1. The summed E-state index contributed by atoms with van der Waals surface area (Å²) in [4.78, 5) is 16.2. The number of aromatic nitrogens is 1. The van der Waals surface area contributed by atoms with E-state index in [4.69, 9.17) is 14.2 Å². The van der Waals surface area contributed by atoms with Crippen molar-refractivity contribution in [3.63, 3.8) is 0 Å². The van der Waals surface area contributed by atoms with E-state index in [9.17, 15) is 9.90 Å². The fourth-order valence-corrected chi connectivity index (χ4v) is 2.73. The van der Waals surface area contributed by atoms with Crippen LogP contribution in [-0.2, 0) is 0 Å². The zero-order valence-corrected chi connectivity index (χ0v) is 14.1. The Kier molecular flexibility index (Phi) is 4.43. The molecule has 128 valence electrons. The van der Waals surface area contributed by atoms with Gasteiger partial charge in [0.15, 0.2) is 11.5 Å². The van der Waals surface area contributed by atoms with Crippen molar-refractivity contribution in [2.45, 2.75) is 0 Å². The first-order valence-electron chi connectivity index (χ1n) is 7.52. The quantitative estimate of drug-likeness (QED) is 0.765. The highest BCUT2D eigenvalue weighted by atomic mass is 16.5. The van der Waals surface area contributed by atoms with Crippen molar-refractivity contribution in [3.8, 4) is 28.5 Å². The lowest BCUT2D eigenvalue weighted by Gasteiger charge is -2.14. The molecule has 0 aliphatic carbocycles. The van der Waals surface area contributed by atoms with Crippen LogP contribution in [0.4, 0.5) is 0 Å². The molecule has 0 fully saturated rings. The molecular formula is C19H17NO5. The largest absolute Gasteiger partial charge is 0.493 e. The molecule has 0 radical (unpaired) electrons. The summed E-state index contributed by atoms with van der Waals surface area (Å²) in [6.45, 7) is 0. The number of pyridine rings is 1. The summed E-state index contributed by atoms with van der Waals surface area (Å²) in [7, 11) is 4.58. The third-order valence-corrected chi connectivity index (χ3v) is 3.91. The summed E-state index contributed by atoms with van der Waals surface area (Å²) in [5, 5.41) is 10.1. The number of hydrogen-bond donors (Lipinski definition) is 1. The van der Waals surface area contributed by atoms with Gasteiger partial charge in [0.1, 0.15) is 0 Å². The number of hydrogen-bond acceptors (Lipinski definition) is 5. The van der Waals surface area contributed by atoms with Crippen molar-refractivity contribution < 1.29 is 24.1 Å². The van der Waals surface area contributed by atoms with E-state index in [-0.39, 0.29) is 5.56 Å². The van der Waals surface area contributed by atoms with Crippen LogP contribution in [-0.4, -0.2) is 37.4 Å². The maximum atomic E-state index is 11.6. The topological polar surface area (TPSA) is 77.9 Å². The van der Waals surface area contributed by atoms with E-state index < -0.39 is 5.97 Å². The van der Waals surface area contributed by atoms with Gasteiger partial charge in [-0.25, -0.2) is 9.78 Å². The van der Waals surface area contributed by atoms with Crippen molar-refractivity contribution in [1.29, 1.82) is 0 Å². The molecule has 0 bridgehead atoms. The fraction of sp³-hybridized carbons (Fsp3) is 0.158. The van der Waals surface area contributed by atoms with Gasteiger partial charge < -0.3 is 19.3 Å². The first kappa shape index (κ1) is 16.6. The van der Waals surface area contributed by atoms with Gasteiger partial charge >= 0.3 is 5.97 Å². The van der Waals surface area contributed by atoms with Crippen LogP contribution in [0.25, 0.3) is 22.2 Å². The molecule has 1 N–H and O–H groups in total. The number of rotatable bonds is 5. The van der Waals surface area contributed by atoms with Crippen LogP contribution in [0.15, 0.2) is 42.5 Å². The van der Waals surface area contributed by atoms with E-state index >= 15 is 0 Å². The smallest absolute Gasteiger partial charge is 0.336 e. The minimum absolute atomic E-state index is 0.189. The SMILES string of the molecule is COc1cc(-c2cc(C(=O)O)c3ccccc3n2)cc(OC)c1OC. The molecule has 3 aromatic rings. The normalized spacial score (nSPS) is 10.5. The van der Waals surface area contributed by atoms with E-state index in [0.29, 0.717) is 39.4 Å². The molecule has 0 saturated heterocycles. The van der Waals surface area contributed by atoms with Crippen LogP contribution in [0.5, 0.6) is 17.2 Å². The number of carbonyl (C=O) groups is 1. The highest BCUT2D eigenvalue weighted by molar-refractivity contribution is 6.03. The summed E-state index contributed by atoms with van der Waals surface area (Å²) < 4.78 is 16.0. The molecule has 1 heterocycles. The van der Waals surface area contributed by atoms with E-state index in [1.807, 2.05) is 6.07 Å². The second-order valence-corrected chi connectivity index (χ2v) is 5.29. The maximum absolute atomic E-state index is 11.6. The number of fused-ring (bicyclic) bond motifs is 1. The molecule has 3 rings (SSSR count). The molecular weight excluding hydrogens is 322 g/mol. The van der Waals surface area contributed by atoms with E-state index in [1.165, 1.54) is 21.3 Å². The predicted molar refractivity (Wildman–Crippen MR) is 93.8 cm³/mol. The predicted octanol–water partition coefficient (Wildman–Crippen LogP) is 3.63.